The lowest BCUT2D eigenvalue weighted by Gasteiger charge is -2.38. The van der Waals surface area contributed by atoms with Crippen LogP contribution < -0.4 is 10.6 Å². The van der Waals surface area contributed by atoms with Gasteiger partial charge in [-0.25, -0.2) is 4.79 Å². The number of rotatable bonds is 8. The number of aliphatic carboxylic acids is 1. The Morgan fingerprint density at radius 3 is 2.14 bits per heavy atom. The highest BCUT2D eigenvalue weighted by Gasteiger charge is 2.39. The van der Waals surface area contributed by atoms with E-state index in [1.807, 2.05) is 38.1 Å². The Morgan fingerprint density at radius 2 is 1.60 bits per heavy atom. The molecule has 2 aromatic carbocycles. The largest absolute Gasteiger partial charge is 0.481 e. The molecule has 1 aliphatic heterocycles. The maximum Gasteiger partial charge on any atom is 0.407 e. The van der Waals surface area contributed by atoms with Crippen molar-refractivity contribution >= 4 is 29.7 Å². The molecule has 35 heavy (non-hydrogen) atoms. The first-order valence-corrected chi connectivity index (χ1v) is 13.2. The molecular weight excluding hydrogens is 464 g/mol. The smallest absolute Gasteiger partial charge is 0.407 e. The molecule has 2 amide bonds. The minimum atomic E-state index is -0.942. The number of nitrogens with one attached hydrogen (secondary N) is 2. The van der Waals surface area contributed by atoms with Crippen LogP contribution in [0.5, 0.6) is 0 Å². The van der Waals surface area contributed by atoms with E-state index in [-0.39, 0.29) is 30.8 Å². The molecule has 7 nitrogen and oxygen atoms in total. The number of thioether (sulfide) groups is 1. The highest BCUT2D eigenvalue weighted by atomic mass is 32.2. The topological polar surface area (TPSA) is 105 Å². The number of fused-ring (bicyclic) bond motifs is 3. The van der Waals surface area contributed by atoms with E-state index < -0.39 is 23.6 Å². The van der Waals surface area contributed by atoms with Crippen LogP contribution >= 0.6 is 11.8 Å². The lowest BCUT2D eigenvalue weighted by molar-refractivity contribution is -0.139. The van der Waals surface area contributed by atoms with Crippen molar-refractivity contribution in [3.63, 3.8) is 0 Å². The molecule has 3 N–H and O–H groups in total. The molecule has 0 spiro atoms. The molecular formula is C27H32N2O5S. The number of carboxylic acids is 1. The molecule has 2 aliphatic rings. The zero-order valence-electron chi connectivity index (χ0n) is 20.1. The third-order valence-electron chi connectivity index (χ3n) is 6.89. The van der Waals surface area contributed by atoms with Crippen LogP contribution in [0.15, 0.2) is 48.5 Å². The predicted octanol–water partition coefficient (Wildman–Crippen LogP) is 4.41. The van der Waals surface area contributed by atoms with E-state index in [1.165, 1.54) is 0 Å². The molecule has 1 fully saturated rings. The number of alkyl carbamates (subject to hydrolysis) is 1. The maximum atomic E-state index is 13.2. The number of benzene rings is 2. The summed E-state index contributed by atoms with van der Waals surface area (Å²) in [5, 5.41) is 15.1. The van der Waals surface area contributed by atoms with Crippen molar-refractivity contribution in [1.29, 1.82) is 0 Å². The Balaban J connectivity index is 1.41. The zero-order chi connectivity index (χ0) is 25.0. The molecule has 1 aliphatic carbocycles. The van der Waals surface area contributed by atoms with Gasteiger partial charge in [-0.2, -0.15) is 11.8 Å². The van der Waals surface area contributed by atoms with Crippen LogP contribution in [0.2, 0.25) is 0 Å². The highest BCUT2D eigenvalue weighted by molar-refractivity contribution is 7.99. The number of hydrogen-bond acceptors (Lipinski definition) is 5. The lowest BCUT2D eigenvalue weighted by atomic mass is 9.87. The Morgan fingerprint density at radius 1 is 1.03 bits per heavy atom. The number of hydrogen-bond donors (Lipinski definition) is 3. The van der Waals surface area contributed by atoms with E-state index in [9.17, 15) is 19.5 Å². The molecule has 1 saturated heterocycles. The van der Waals surface area contributed by atoms with Crippen LogP contribution in [0.25, 0.3) is 11.1 Å². The van der Waals surface area contributed by atoms with E-state index in [4.69, 9.17) is 4.74 Å². The van der Waals surface area contributed by atoms with Gasteiger partial charge in [-0.15, -0.1) is 0 Å². The second-order valence-corrected chi connectivity index (χ2v) is 10.9. The van der Waals surface area contributed by atoms with Gasteiger partial charge in [0.25, 0.3) is 0 Å². The Hall–Kier alpha value is -3.00. The van der Waals surface area contributed by atoms with E-state index in [0.717, 1.165) is 33.8 Å². The summed E-state index contributed by atoms with van der Waals surface area (Å²) < 4.78 is 5.62. The summed E-state index contributed by atoms with van der Waals surface area (Å²) in [4.78, 5) is 37.4. The molecule has 1 atom stereocenters. The fourth-order valence-corrected chi connectivity index (χ4v) is 6.31. The molecule has 0 bridgehead atoms. The summed E-state index contributed by atoms with van der Waals surface area (Å²) >= 11 is 1.75. The molecule has 0 radical (unpaired) electrons. The highest BCUT2D eigenvalue weighted by Crippen LogP contribution is 2.44. The fraction of sp³-hybridized carbons (Fsp3) is 0.444. The number of carbonyl (C=O) groups excluding carboxylic acids is 2. The molecule has 186 valence electrons. The zero-order valence-corrected chi connectivity index (χ0v) is 20.9. The van der Waals surface area contributed by atoms with Gasteiger partial charge in [0, 0.05) is 5.92 Å². The fourth-order valence-electron chi connectivity index (χ4n) is 5.04. The molecule has 4 rings (SSSR count). The summed E-state index contributed by atoms with van der Waals surface area (Å²) in [5.74, 6) is -0.00258. The van der Waals surface area contributed by atoms with Gasteiger partial charge in [0.1, 0.15) is 12.6 Å². The van der Waals surface area contributed by atoms with Crippen LogP contribution in [-0.4, -0.2) is 52.8 Å². The molecule has 8 heteroatoms. The summed E-state index contributed by atoms with van der Waals surface area (Å²) in [7, 11) is 0. The van der Waals surface area contributed by atoms with Crippen molar-refractivity contribution in [2.45, 2.75) is 50.6 Å². The first kappa shape index (κ1) is 25.1. The van der Waals surface area contributed by atoms with Gasteiger partial charge in [0.2, 0.25) is 5.91 Å². The van der Waals surface area contributed by atoms with Gasteiger partial charge in [0.05, 0.1) is 12.0 Å². The first-order valence-electron chi connectivity index (χ1n) is 12.0. The number of ether oxygens (including phenoxy) is 1. The van der Waals surface area contributed by atoms with Crippen molar-refractivity contribution in [3.8, 4) is 11.1 Å². The van der Waals surface area contributed by atoms with Crippen LogP contribution in [0, 0.1) is 5.92 Å². The van der Waals surface area contributed by atoms with Crippen LogP contribution in [0.4, 0.5) is 4.79 Å². The normalized spacial score (nSPS) is 17.2. The summed E-state index contributed by atoms with van der Waals surface area (Å²) in [6.45, 7) is 3.84. The third-order valence-corrected chi connectivity index (χ3v) is 7.88. The monoisotopic (exact) mass is 496 g/mol. The Bertz CT molecular complexity index is 1050. The van der Waals surface area contributed by atoms with Gasteiger partial charge in [-0.3, -0.25) is 9.59 Å². The first-order chi connectivity index (χ1) is 16.8. The second kappa shape index (κ2) is 10.7. The standard InChI is InChI=1S/C27H32N2O5S/c1-17(2)24(25(32)29-27(15-23(30)31)11-13-35-14-12-27)28-26(33)34-16-22-20-9-5-3-7-18(20)19-8-4-6-10-21(19)22/h3-10,17,22,24H,11-16H2,1-2H3,(H,28,33)(H,29,32)(H,30,31)/t24-/m1/s1. The van der Waals surface area contributed by atoms with E-state index in [0.29, 0.717) is 12.8 Å². The quantitative estimate of drug-likeness (QED) is 0.500. The Labute approximate surface area is 210 Å². The van der Waals surface area contributed by atoms with Gasteiger partial charge in [0.15, 0.2) is 0 Å². The summed E-state index contributed by atoms with van der Waals surface area (Å²) in [5.41, 5.74) is 3.73. The van der Waals surface area contributed by atoms with Gasteiger partial charge in [-0.05, 0) is 52.5 Å². The van der Waals surface area contributed by atoms with Crippen molar-refractivity contribution < 1.29 is 24.2 Å². The van der Waals surface area contributed by atoms with Crippen molar-refractivity contribution in [1.82, 2.24) is 10.6 Å². The SMILES string of the molecule is CC(C)[C@@H](NC(=O)OCC1c2ccccc2-c2ccccc21)C(=O)NC1(CC(=O)O)CCSCC1. The second-order valence-electron chi connectivity index (χ2n) is 9.64. The van der Waals surface area contributed by atoms with Crippen molar-refractivity contribution in [2.24, 2.45) is 5.92 Å². The number of carbonyl (C=O) groups is 3. The van der Waals surface area contributed by atoms with E-state index in [1.54, 1.807) is 11.8 Å². The van der Waals surface area contributed by atoms with Crippen LogP contribution in [-0.2, 0) is 14.3 Å². The van der Waals surface area contributed by atoms with Crippen molar-refractivity contribution in [2.75, 3.05) is 18.1 Å². The lowest BCUT2D eigenvalue weighted by Crippen LogP contribution is -2.59. The van der Waals surface area contributed by atoms with Gasteiger partial charge < -0.3 is 20.5 Å². The summed E-state index contributed by atoms with van der Waals surface area (Å²) in [6.07, 6.45) is 0.388. The average molecular weight is 497 g/mol. The van der Waals surface area contributed by atoms with E-state index >= 15 is 0 Å². The molecule has 1 heterocycles. The average Bonchev–Trinajstić information content (AvgIpc) is 3.14. The predicted molar refractivity (Wildman–Crippen MR) is 137 cm³/mol. The van der Waals surface area contributed by atoms with Crippen LogP contribution in [0.1, 0.15) is 50.2 Å². The van der Waals surface area contributed by atoms with E-state index in [2.05, 4.69) is 34.9 Å². The minimum Gasteiger partial charge on any atom is -0.481 e. The molecule has 2 aromatic rings. The molecule has 0 aromatic heterocycles. The Kier molecular flexibility index (Phi) is 7.69. The van der Waals surface area contributed by atoms with Crippen LogP contribution in [0.3, 0.4) is 0 Å². The summed E-state index contributed by atoms with van der Waals surface area (Å²) in [6, 6.07) is 15.4. The van der Waals surface area contributed by atoms with Gasteiger partial charge >= 0.3 is 12.1 Å². The van der Waals surface area contributed by atoms with Crippen molar-refractivity contribution in [3.05, 3.63) is 59.7 Å². The third kappa shape index (κ3) is 5.64. The number of amides is 2. The van der Waals surface area contributed by atoms with Gasteiger partial charge in [-0.1, -0.05) is 62.4 Å². The molecule has 0 unspecified atom stereocenters. The maximum absolute atomic E-state index is 13.2. The number of carboxylic acid groups (broad SMARTS) is 1. The minimum absolute atomic E-state index is 0.0712. The molecule has 0 saturated carbocycles.